The molecule has 0 heterocycles. The fourth-order valence-corrected chi connectivity index (χ4v) is 3.82. The molecule has 17 heteroatoms. The van der Waals surface area contributed by atoms with E-state index in [2.05, 4.69) is 12.2 Å². The molecule has 308 valence electrons. The zero-order valence-electron chi connectivity index (χ0n) is 31.5. The van der Waals surface area contributed by atoms with Crippen molar-refractivity contribution in [2.45, 2.75) is 51.9 Å². The lowest BCUT2D eigenvalue weighted by atomic mass is 10.2. The summed E-state index contributed by atoms with van der Waals surface area (Å²) in [6, 6.07) is 0. The van der Waals surface area contributed by atoms with E-state index in [1.54, 1.807) is 0 Å². The summed E-state index contributed by atoms with van der Waals surface area (Å²) in [5.41, 5.74) is 0. The van der Waals surface area contributed by atoms with Crippen LogP contribution in [0.25, 0.3) is 0 Å². The molecule has 0 aliphatic heterocycles. The number of carbonyl (C=O) groups excluding carboxylic acids is 2. The molecule has 0 aliphatic carbocycles. The highest BCUT2D eigenvalue weighted by Crippen LogP contribution is 2.00. The molecular weight excluding hydrogens is 690 g/mol. The van der Waals surface area contributed by atoms with Gasteiger partial charge >= 0.3 is 11.9 Å². The number of esters is 1. The first-order valence-electron chi connectivity index (χ1n) is 18.6. The van der Waals surface area contributed by atoms with Crippen molar-refractivity contribution in [1.29, 1.82) is 0 Å². The molecule has 0 bridgehead atoms. The number of ether oxygens (including phenoxy) is 12. The lowest BCUT2D eigenvalue weighted by Gasteiger charge is -2.09. The molecular formula is C35H67NO16. The van der Waals surface area contributed by atoms with Gasteiger partial charge in [-0.1, -0.05) is 19.8 Å². The van der Waals surface area contributed by atoms with Crippen LogP contribution in [0.15, 0.2) is 0 Å². The van der Waals surface area contributed by atoms with E-state index < -0.39 is 5.97 Å². The summed E-state index contributed by atoms with van der Waals surface area (Å²) >= 11 is 0. The van der Waals surface area contributed by atoms with Crippen LogP contribution >= 0.6 is 0 Å². The first kappa shape index (κ1) is 50.0. The molecule has 0 saturated carbocycles. The third-order valence-corrected chi connectivity index (χ3v) is 6.55. The Morgan fingerprint density at radius 1 is 0.404 bits per heavy atom. The maximum Gasteiger partial charge on any atom is 0.305 e. The van der Waals surface area contributed by atoms with Gasteiger partial charge in [-0.2, -0.15) is 0 Å². The molecule has 52 heavy (non-hydrogen) atoms. The molecule has 0 aromatic carbocycles. The van der Waals surface area contributed by atoms with Gasteiger partial charge in [0.25, 0.3) is 0 Å². The van der Waals surface area contributed by atoms with E-state index in [0.29, 0.717) is 165 Å². The van der Waals surface area contributed by atoms with Crippen LogP contribution in [0, 0.1) is 0 Å². The number of unbranched alkanes of at least 4 members (excludes halogenated alkanes) is 2. The second-order valence-corrected chi connectivity index (χ2v) is 11.0. The largest absolute Gasteiger partial charge is 0.481 e. The molecule has 0 rings (SSSR count). The summed E-state index contributed by atoms with van der Waals surface area (Å²) in [6.45, 7) is 13.1. The van der Waals surface area contributed by atoms with Gasteiger partial charge in [0, 0.05) is 26.0 Å². The van der Waals surface area contributed by atoms with Crippen LogP contribution in [0.1, 0.15) is 51.9 Å². The molecule has 0 aromatic heterocycles. The number of aliphatic carboxylic acids is 1. The van der Waals surface area contributed by atoms with Crippen LogP contribution in [-0.2, 0) is 71.2 Å². The molecule has 0 aliphatic rings. The summed E-state index contributed by atoms with van der Waals surface area (Å²) < 4.78 is 65.0. The Hall–Kier alpha value is -2.03. The smallest absolute Gasteiger partial charge is 0.305 e. The number of carboxylic acids is 1. The highest BCUT2D eigenvalue weighted by molar-refractivity contribution is 5.80. The molecule has 17 nitrogen and oxygen atoms in total. The van der Waals surface area contributed by atoms with E-state index in [4.69, 9.17) is 61.9 Å². The monoisotopic (exact) mass is 757 g/mol. The van der Waals surface area contributed by atoms with Crippen molar-refractivity contribution >= 4 is 17.8 Å². The summed E-state index contributed by atoms with van der Waals surface area (Å²) in [7, 11) is 0. The minimum Gasteiger partial charge on any atom is -0.481 e. The van der Waals surface area contributed by atoms with E-state index in [-0.39, 0.29) is 31.3 Å². The summed E-state index contributed by atoms with van der Waals surface area (Å²) in [6.07, 6.45) is 3.93. The zero-order chi connectivity index (χ0) is 37.8. The molecule has 1 amide bonds. The summed E-state index contributed by atoms with van der Waals surface area (Å²) in [5, 5.41) is 11.2. The van der Waals surface area contributed by atoms with Gasteiger partial charge in [0.1, 0.15) is 6.61 Å². The molecule has 2 N–H and O–H groups in total. The number of hydrogen-bond acceptors (Lipinski definition) is 15. The Morgan fingerprint density at radius 2 is 0.731 bits per heavy atom. The molecule has 0 unspecified atom stereocenters. The standard InChI is InChI=1S/C35H67NO16/c1-2-3-4-6-35(40)52-32-31-51-30-29-50-28-27-49-26-25-48-24-23-47-22-21-46-20-19-45-18-17-44-16-15-43-14-13-42-12-11-41-10-5-9-36-33(37)7-8-34(38)39/h2-32H2,1H3,(H,36,37)(H,38,39). The second-order valence-electron chi connectivity index (χ2n) is 11.0. The molecule has 0 fully saturated rings. The van der Waals surface area contributed by atoms with Gasteiger partial charge in [-0.05, 0) is 12.8 Å². The predicted molar refractivity (Wildman–Crippen MR) is 189 cm³/mol. The molecule has 0 spiro atoms. The third-order valence-electron chi connectivity index (χ3n) is 6.55. The van der Waals surface area contributed by atoms with Crippen LogP contribution in [-0.4, -0.2) is 181 Å². The molecule has 0 atom stereocenters. The van der Waals surface area contributed by atoms with Gasteiger partial charge in [-0.15, -0.1) is 0 Å². The van der Waals surface area contributed by atoms with E-state index in [1.807, 2.05) is 0 Å². The van der Waals surface area contributed by atoms with Gasteiger partial charge in [0.15, 0.2) is 0 Å². The van der Waals surface area contributed by atoms with Crippen LogP contribution < -0.4 is 5.32 Å². The Morgan fingerprint density at radius 3 is 1.06 bits per heavy atom. The van der Waals surface area contributed by atoms with Crippen molar-refractivity contribution in [2.24, 2.45) is 0 Å². The number of amides is 1. The quantitative estimate of drug-likeness (QED) is 0.0673. The van der Waals surface area contributed by atoms with Crippen molar-refractivity contribution in [3.05, 3.63) is 0 Å². The number of nitrogens with one attached hydrogen (secondary N) is 1. The molecule has 0 radical (unpaired) electrons. The van der Waals surface area contributed by atoms with Crippen LogP contribution in [0.5, 0.6) is 0 Å². The maximum absolute atomic E-state index is 11.5. The van der Waals surface area contributed by atoms with Crippen molar-refractivity contribution in [1.82, 2.24) is 5.32 Å². The summed E-state index contributed by atoms with van der Waals surface area (Å²) in [4.78, 5) is 33.2. The van der Waals surface area contributed by atoms with Crippen molar-refractivity contribution in [3.63, 3.8) is 0 Å². The minimum atomic E-state index is -0.985. The summed E-state index contributed by atoms with van der Waals surface area (Å²) in [5.74, 6) is -1.42. The highest BCUT2D eigenvalue weighted by Gasteiger charge is 2.04. The Kier molecular flexibility index (Phi) is 41.7. The van der Waals surface area contributed by atoms with Gasteiger partial charge in [0.05, 0.1) is 145 Å². The molecule has 0 aromatic rings. The van der Waals surface area contributed by atoms with E-state index in [9.17, 15) is 14.4 Å². The number of carboxylic acid groups (broad SMARTS) is 1. The van der Waals surface area contributed by atoms with Crippen LogP contribution in [0.3, 0.4) is 0 Å². The van der Waals surface area contributed by atoms with Crippen LogP contribution in [0.4, 0.5) is 0 Å². The average molecular weight is 758 g/mol. The lowest BCUT2D eigenvalue weighted by Crippen LogP contribution is -2.25. The van der Waals surface area contributed by atoms with Gasteiger partial charge < -0.3 is 67.3 Å². The minimum absolute atomic E-state index is 0.0133. The van der Waals surface area contributed by atoms with Crippen molar-refractivity contribution in [3.8, 4) is 0 Å². The Bertz CT molecular complexity index is 779. The number of rotatable bonds is 44. The van der Waals surface area contributed by atoms with Gasteiger partial charge in [0.2, 0.25) is 5.91 Å². The first-order valence-corrected chi connectivity index (χ1v) is 18.6. The van der Waals surface area contributed by atoms with Gasteiger partial charge in [-0.25, -0.2) is 0 Å². The number of carbonyl (C=O) groups is 3. The fraction of sp³-hybridized carbons (Fsp3) is 0.914. The van der Waals surface area contributed by atoms with E-state index >= 15 is 0 Å². The molecule has 0 saturated heterocycles. The first-order chi connectivity index (χ1) is 25.6. The highest BCUT2D eigenvalue weighted by atomic mass is 16.6. The average Bonchev–Trinajstić information content (AvgIpc) is 3.13. The Labute approximate surface area is 309 Å². The SMILES string of the molecule is CCCCCC(=O)OCCOCCOCCOCCOCCOCCOCCOCCOCCOCCOCCOCCCNC(=O)CCC(=O)O. The fourth-order valence-electron chi connectivity index (χ4n) is 3.82. The topological polar surface area (TPSA) is 194 Å². The van der Waals surface area contributed by atoms with Crippen molar-refractivity contribution in [2.75, 3.05) is 159 Å². The van der Waals surface area contributed by atoms with Gasteiger partial charge in [-0.3, -0.25) is 14.4 Å². The Balaban J connectivity index is 3.11. The lowest BCUT2D eigenvalue weighted by molar-refractivity contribution is -0.145. The predicted octanol–water partition coefficient (Wildman–Crippen LogP) is 1.66. The maximum atomic E-state index is 11.5. The van der Waals surface area contributed by atoms with Crippen LogP contribution in [0.2, 0.25) is 0 Å². The zero-order valence-corrected chi connectivity index (χ0v) is 31.5. The van der Waals surface area contributed by atoms with E-state index in [0.717, 1.165) is 19.3 Å². The second kappa shape index (κ2) is 43.4. The normalized spacial score (nSPS) is 11.2. The number of hydrogen-bond donors (Lipinski definition) is 2. The van der Waals surface area contributed by atoms with E-state index in [1.165, 1.54) is 0 Å². The van der Waals surface area contributed by atoms with Crippen molar-refractivity contribution < 1.29 is 76.3 Å². The third kappa shape index (κ3) is 44.1.